The maximum absolute atomic E-state index is 13.1. The lowest BCUT2D eigenvalue weighted by Crippen LogP contribution is -2.25. The van der Waals surface area contributed by atoms with Crippen LogP contribution in [0.5, 0.6) is 0 Å². The van der Waals surface area contributed by atoms with Gasteiger partial charge in [0.25, 0.3) is 0 Å². The number of anilines is 1. The summed E-state index contributed by atoms with van der Waals surface area (Å²) in [6.07, 6.45) is 0.776. The van der Waals surface area contributed by atoms with Crippen molar-refractivity contribution in [3.63, 3.8) is 0 Å². The predicted molar refractivity (Wildman–Crippen MR) is 133 cm³/mol. The summed E-state index contributed by atoms with van der Waals surface area (Å²) >= 11 is 1.41. The number of rotatable bonds is 5. The number of ketones is 1. The van der Waals surface area contributed by atoms with Crippen molar-refractivity contribution in [2.75, 3.05) is 11.4 Å². The fourth-order valence-corrected chi connectivity index (χ4v) is 5.01. The van der Waals surface area contributed by atoms with E-state index in [0.29, 0.717) is 17.3 Å². The first-order valence-electron chi connectivity index (χ1n) is 11.2. The average molecular weight is 463 g/mol. The van der Waals surface area contributed by atoms with Gasteiger partial charge in [0.2, 0.25) is 5.91 Å². The topological polar surface area (TPSA) is 68.1 Å². The molecule has 1 unspecified atom stereocenters. The molecule has 0 fully saturated rings. The van der Waals surface area contributed by atoms with Gasteiger partial charge in [-0.05, 0) is 48.1 Å². The van der Waals surface area contributed by atoms with Crippen molar-refractivity contribution in [3.05, 3.63) is 59.2 Å². The Bertz CT molecular complexity index is 1210. The summed E-state index contributed by atoms with van der Waals surface area (Å²) in [6, 6.07) is 14.0. The van der Waals surface area contributed by atoms with Gasteiger partial charge in [-0.2, -0.15) is 0 Å². The number of nitrogens with zero attached hydrogens (tertiary/aromatic N) is 4. The van der Waals surface area contributed by atoms with E-state index in [0.717, 1.165) is 29.1 Å². The van der Waals surface area contributed by atoms with Crippen LogP contribution in [0.1, 0.15) is 56.1 Å². The Morgan fingerprint density at radius 1 is 1.06 bits per heavy atom. The van der Waals surface area contributed by atoms with Crippen LogP contribution in [0.15, 0.2) is 47.6 Å². The van der Waals surface area contributed by atoms with Crippen molar-refractivity contribution in [1.82, 2.24) is 14.8 Å². The van der Waals surface area contributed by atoms with E-state index in [1.165, 1.54) is 17.3 Å². The molecule has 172 valence electrons. The van der Waals surface area contributed by atoms with Crippen LogP contribution in [-0.4, -0.2) is 38.2 Å². The zero-order chi connectivity index (χ0) is 23.9. The fraction of sp³-hybridized carbons (Fsp3) is 0.385. The molecular weight excluding hydrogens is 432 g/mol. The van der Waals surface area contributed by atoms with Gasteiger partial charge < -0.3 is 9.47 Å². The Morgan fingerprint density at radius 3 is 2.39 bits per heavy atom. The van der Waals surface area contributed by atoms with Gasteiger partial charge in [-0.25, -0.2) is 0 Å². The SMILES string of the molecule is CC(=O)N1CCc2cc(C(=O)C(C)Sc3nnc(-c4ccc(C(C)(C)C)cc4)n3C)ccc21. The standard InChI is InChI=1S/C26H30N4O2S/c1-16(23(32)20-9-12-22-19(15-20)13-14-30(22)17(2)31)33-25-28-27-24(29(25)6)18-7-10-21(11-8-18)26(3,4)5/h7-12,15-16H,13-14H2,1-6H3. The number of thioether (sulfide) groups is 1. The summed E-state index contributed by atoms with van der Waals surface area (Å²) in [5.74, 6) is 0.852. The normalized spacial score (nSPS) is 14.3. The van der Waals surface area contributed by atoms with E-state index in [1.807, 2.05) is 36.7 Å². The van der Waals surface area contributed by atoms with Crippen LogP contribution in [0.3, 0.4) is 0 Å². The number of benzene rings is 2. The molecule has 0 aliphatic carbocycles. The summed E-state index contributed by atoms with van der Waals surface area (Å²) < 4.78 is 1.94. The van der Waals surface area contributed by atoms with Crippen molar-refractivity contribution < 1.29 is 9.59 Å². The van der Waals surface area contributed by atoms with Crippen LogP contribution in [-0.2, 0) is 23.7 Å². The minimum atomic E-state index is -0.313. The number of hydrogen-bond acceptors (Lipinski definition) is 5. The third kappa shape index (κ3) is 4.60. The van der Waals surface area contributed by atoms with Gasteiger partial charge in [0, 0.05) is 37.3 Å². The Morgan fingerprint density at radius 2 is 1.76 bits per heavy atom. The number of hydrogen-bond donors (Lipinski definition) is 0. The van der Waals surface area contributed by atoms with Gasteiger partial charge in [0.1, 0.15) is 0 Å². The molecule has 1 aliphatic rings. The van der Waals surface area contributed by atoms with Crippen molar-refractivity contribution in [1.29, 1.82) is 0 Å². The molecule has 0 saturated carbocycles. The van der Waals surface area contributed by atoms with Crippen LogP contribution < -0.4 is 4.90 Å². The van der Waals surface area contributed by atoms with E-state index in [-0.39, 0.29) is 22.4 Å². The molecule has 0 spiro atoms. The first-order valence-corrected chi connectivity index (χ1v) is 12.1. The van der Waals surface area contributed by atoms with Crippen LogP contribution in [0, 0.1) is 0 Å². The molecule has 2 aromatic carbocycles. The van der Waals surface area contributed by atoms with E-state index in [2.05, 4.69) is 55.2 Å². The zero-order valence-corrected chi connectivity index (χ0v) is 20.9. The first kappa shape index (κ1) is 23.2. The van der Waals surface area contributed by atoms with Crippen molar-refractivity contribution in [3.8, 4) is 11.4 Å². The number of aromatic nitrogens is 3. The third-order valence-corrected chi connectivity index (χ3v) is 7.27. The minimum Gasteiger partial charge on any atom is -0.312 e. The van der Waals surface area contributed by atoms with Crippen LogP contribution >= 0.6 is 11.8 Å². The predicted octanol–water partition coefficient (Wildman–Crippen LogP) is 5.05. The summed E-state index contributed by atoms with van der Waals surface area (Å²) in [5, 5.41) is 9.12. The molecule has 2 heterocycles. The second-order valence-electron chi connectivity index (χ2n) is 9.58. The number of Topliss-reactive ketones (excluding diaryl/α,β-unsaturated/α-hetero) is 1. The van der Waals surface area contributed by atoms with Gasteiger partial charge in [-0.1, -0.05) is 56.8 Å². The summed E-state index contributed by atoms with van der Waals surface area (Å²) in [4.78, 5) is 26.7. The van der Waals surface area contributed by atoms with Gasteiger partial charge in [-0.3, -0.25) is 9.59 Å². The first-order chi connectivity index (χ1) is 15.6. The van der Waals surface area contributed by atoms with E-state index < -0.39 is 0 Å². The molecule has 1 aromatic heterocycles. The molecule has 0 saturated heterocycles. The van der Waals surface area contributed by atoms with E-state index >= 15 is 0 Å². The maximum Gasteiger partial charge on any atom is 0.223 e. The molecule has 1 amide bonds. The monoisotopic (exact) mass is 462 g/mol. The molecule has 33 heavy (non-hydrogen) atoms. The number of fused-ring (bicyclic) bond motifs is 1. The van der Waals surface area contributed by atoms with Gasteiger partial charge in [-0.15, -0.1) is 10.2 Å². The van der Waals surface area contributed by atoms with Crippen LogP contribution in [0.2, 0.25) is 0 Å². The quantitative estimate of drug-likeness (QED) is 0.392. The molecule has 6 nitrogen and oxygen atoms in total. The second kappa shape index (κ2) is 8.78. The van der Waals surface area contributed by atoms with Crippen LogP contribution in [0.4, 0.5) is 5.69 Å². The maximum atomic E-state index is 13.1. The van der Waals surface area contributed by atoms with Crippen molar-refractivity contribution in [2.45, 2.75) is 56.9 Å². The molecule has 4 rings (SSSR count). The molecule has 3 aromatic rings. The van der Waals surface area contributed by atoms with E-state index in [4.69, 9.17) is 0 Å². The molecule has 0 bridgehead atoms. The molecule has 1 atom stereocenters. The average Bonchev–Trinajstić information content (AvgIpc) is 3.36. The minimum absolute atomic E-state index is 0.0304. The lowest BCUT2D eigenvalue weighted by atomic mass is 9.87. The summed E-state index contributed by atoms with van der Waals surface area (Å²) in [6.45, 7) is 10.7. The zero-order valence-electron chi connectivity index (χ0n) is 20.0. The number of carbonyl (C=O) groups is 2. The van der Waals surface area contributed by atoms with E-state index in [1.54, 1.807) is 11.8 Å². The smallest absolute Gasteiger partial charge is 0.223 e. The number of carbonyl (C=O) groups excluding carboxylic acids is 2. The lowest BCUT2D eigenvalue weighted by molar-refractivity contribution is -0.116. The van der Waals surface area contributed by atoms with Crippen molar-refractivity contribution >= 4 is 29.1 Å². The highest BCUT2D eigenvalue weighted by molar-refractivity contribution is 8.00. The van der Waals surface area contributed by atoms with Gasteiger partial charge in [0.15, 0.2) is 16.8 Å². The third-order valence-electron chi connectivity index (χ3n) is 6.14. The Labute approximate surface area is 199 Å². The Balaban J connectivity index is 1.49. The highest BCUT2D eigenvalue weighted by Crippen LogP contribution is 2.32. The highest BCUT2D eigenvalue weighted by Gasteiger charge is 2.25. The molecule has 1 aliphatic heterocycles. The molecular formula is C26H30N4O2S. The second-order valence-corrected chi connectivity index (χ2v) is 10.9. The molecule has 7 heteroatoms. The highest BCUT2D eigenvalue weighted by atomic mass is 32.2. The van der Waals surface area contributed by atoms with Gasteiger partial charge in [0.05, 0.1) is 5.25 Å². The van der Waals surface area contributed by atoms with Crippen molar-refractivity contribution in [2.24, 2.45) is 7.05 Å². The van der Waals surface area contributed by atoms with Gasteiger partial charge >= 0.3 is 0 Å². The summed E-state index contributed by atoms with van der Waals surface area (Å²) in [5.41, 5.74) is 4.99. The lowest BCUT2D eigenvalue weighted by Gasteiger charge is -2.19. The van der Waals surface area contributed by atoms with E-state index in [9.17, 15) is 9.59 Å². The molecule has 0 N–H and O–H groups in total. The largest absolute Gasteiger partial charge is 0.312 e. The van der Waals surface area contributed by atoms with Crippen LogP contribution in [0.25, 0.3) is 11.4 Å². The Kier molecular flexibility index (Phi) is 6.18. The fourth-order valence-electron chi connectivity index (χ4n) is 4.12. The number of amides is 1. The Hall–Kier alpha value is -2.93. The summed E-state index contributed by atoms with van der Waals surface area (Å²) in [7, 11) is 1.93. The molecule has 0 radical (unpaired) electrons.